The van der Waals surface area contributed by atoms with Crippen LogP contribution in [0.2, 0.25) is 0 Å². The summed E-state index contributed by atoms with van der Waals surface area (Å²) < 4.78 is 4.92. The van der Waals surface area contributed by atoms with E-state index < -0.39 is 0 Å². The van der Waals surface area contributed by atoms with Crippen LogP contribution in [0.5, 0.6) is 0 Å². The van der Waals surface area contributed by atoms with E-state index >= 15 is 0 Å². The van der Waals surface area contributed by atoms with Gasteiger partial charge in [0.25, 0.3) is 0 Å². The van der Waals surface area contributed by atoms with Gasteiger partial charge in [-0.2, -0.15) is 0 Å². The molecule has 0 aromatic heterocycles. The van der Waals surface area contributed by atoms with E-state index in [4.69, 9.17) is 4.74 Å². The molecule has 4 nitrogen and oxygen atoms in total. The number of aliphatic hydroxyl groups is 1. The number of nitrogens with one attached hydrogen (secondary N) is 1. The quantitative estimate of drug-likeness (QED) is 0.676. The van der Waals surface area contributed by atoms with Gasteiger partial charge in [-0.15, -0.1) is 11.8 Å². The molecule has 1 fully saturated rings. The number of hydrogen-bond acceptors (Lipinski definition) is 4. The van der Waals surface area contributed by atoms with Crippen LogP contribution in [0, 0.1) is 0 Å². The summed E-state index contributed by atoms with van der Waals surface area (Å²) in [4.78, 5) is 11.8. The predicted molar refractivity (Wildman–Crippen MR) is 70.2 cm³/mol. The van der Waals surface area contributed by atoms with Crippen molar-refractivity contribution in [2.24, 2.45) is 0 Å². The minimum Gasteiger partial charge on any atom is -0.394 e. The van der Waals surface area contributed by atoms with E-state index in [2.05, 4.69) is 5.32 Å². The summed E-state index contributed by atoms with van der Waals surface area (Å²) >= 11 is 1.57. The van der Waals surface area contributed by atoms with E-state index in [0.29, 0.717) is 12.4 Å². The average Bonchev–Trinajstić information content (AvgIpc) is 2.36. The molecule has 0 saturated heterocycles. The SMILES string of the molecule is COCCSCC(=O)NC1(CO)CCCCC1. The number of aliphatic hydroxyl groups excluding tert-OH is 1. The molecule has 0 radical (unpaired) electrons. The van der Waals surface area contributed by atoms with Crippen LogP contribution < -0.4 is 5.32 Å². The molecule has 0 aromatic rings. The minimum atomic E-state index is -0.350. The Labute approximate surface area is 107 Å². The summed E-state index contributed by atoms with van der Waals surface area (Å²) in [5.74, 6) is 1.31. The van der Waals surface area contributed by atoms with Gasteiger partial charge in [-0.25, -0.2) is 0 Å². The third kappa shape index (κ3) is 5.27. The first-order valence-electron chi connectivity index (χ1n) is 6.21. The fraction of sp³-hybridized carbons (Fsp3) is 0.917. The topological polar surface area (TPSA) is 58.6 Å². The summed E-state index contributed by atoms with van der Waals surface area (Å²) in [6, 6.07) is 0. The highest BCUT2D eigenvalue weighted by atomic mass is 32.2. The maximum Gasteiger partial charge on any atom is 0.230 e. The lowest BCUT2D eigenvalue weighted by atomic mass is 9.82. The molecular formula is C12H23NO3S. The van der Waals surface area contributed by atoms with Crippen LogP contribution in [0.25, 0.3) is 0 Å². The molecule has 1 amide bonds. The highest BCUT2D eigenvalue weighted by Crippen LogP contribution is 2.27. The smallest absolute Gasteiger partial charge is 0.230 e. The Morgan fingerprint density at radius 2 is 2.12 bits per heavy atom. The van der Waals surface area contributed by atoms with Crippen LogP contribution in [-0.2, 0) is 9.53 Å². The maximum atomic E-state index is 11.8. The van der Waals surface area contributed by atoms with Crippen molar-refractivity contribution in [1.29, 1.82) is 0 Å². The van der Waals surface area contributed by atoms with E-state index in [0.717, 1.165) is 31.4 Å². The summed E-state index contributed by atoms with van der Waals surface area (Å²) in [6.45, 7) is 0.727. The zero-order chi connectivity index (χ0) is 12.6. The molecule has 0 bridgehead atoms. The predicted octanol–water partition coefficient (Wildman–Crippen LogP) is 1.18. The Bertz CT molecular complexity index is 230. The number of methoxy groups -OCH3 is 1. The molecule has 17 heavy (non-hydrogen) atoms. The van der Waals surface area contributed by atoms with Crippen molar-refractivity contribution in [3.63, 3.8) is 0 Å². The number of ether oxygens (including phenoxy) is 1. The third-order valence-electron chi connectivity index (χ3n) is 3.18. The standard InChI is InChI=1S/C12H23NO3S/c1-16-7-8-17-9-11(15)13-12(10-14)5-3-2-4-6-12/h14H,2-10H2,1H3,(H,13,15). The number of amides is 1. The van der Waals surface area contributed by atoms with Crippen LogP contribution >= 0.6 is 11.8 Å². The second-order valence-corrected chi connectivity index (χ2v) is 5.70. The second-order valence-electron chi connectivity index (χ2n) is 4.59. The van der Waals surface area contributed by atoms with Crippen LogP contribution in [-0.4, -0.2) is 48.4 Å². The van der Waals surface area contributed by atoms with Gasteiger partial charge >= 0.3 is 0 Å². The van der Waals surface area contributed by atoms with Crippen LogP contribution in [0.1, 0.15) is 32.1 Å². The lowest BCUT2D eigenvalue weighted by molar-refractivity contribution is -0.121. The third-order valence-corrected chi connectivity index (χ3v) is 4.10. The summed E-state index contributed by atoms with van der Waals surface area (Å²) in [7, 11) is 1.66. The highest BCUT2D eigenvalue weighted by molar-refractivity contribution is 7.99. The van der Waals surface area contributed by atoms with E-state index in [1.165, 1.54) is 6.42 Å². The van der Waals surface area contributed by atoms with Gasteiger partial charge in [-0.05, 0) is 12.8 Å². The van der Waals surface area contributed by atoms with E-state index in [-0.39, 0.29) is 18.1 Å². The van der Waals surface area contributed by atoms with E-state index in [9.17, 15) is 9.90 Å². The zero-order valence-electron chi connectivity index (χ0n) is 10.5. The number of rotatable bonds is 7. The lowest BCUT2D eigenvalue weighted by Crippen LogP contribution is -2.53. The van der Waals surface area contributed by atoms with E-state index in [1.807, 2.05) is 0 Å². The van der Waals surface area contributed by atoms with Gasteiger partial charge in [0.05, 0.1) is 24.5 Å². The van der Waals surface area contributed by atoms with Gasteiger partial charge in [-0.1, -0.05) is 19.3 Å². The van der Waals surface area contributed by atoms with Crippen molar-refractivity contribution < 1.29 is 14.6 Å². The molecule has 0 aromatic carbocycles. The Morgan fingerprint density at radius 1 is 1.41 bits per heavy atom. The molecule has 5 heteroatoms. The van der Waals surface area contributed by atoms with Crippen molar-refractivity contribution in [2.45, 2.75) is 37.6 Å². The lowest BCUT2D eigenvalue weighted by Gasteiger charge is -2.36. The first-order chi connectivity index (χ1) is 8.22. The number of carbonyl (C=O) groups excluding carboxylic acids is 1. The zero-order valence-corrected chi connectivity index (χ0v) is 11.4. The monoisotopic (exact) mass is 261 g/mol. The van der Waals surface area contributed by atoms with Gasteiger partial charge in [-0.3, -0.25) is 4.79 Å². The Morgan fingerprint density at radius 3 is 2.71 bits per heavy atom. The van der Waals surface area contributed by atoms with Crippen LogP contribution in [0.4, 0.5) is 0 Å². The number of carbonyl (C=O) groups is 1. The van der Waals surface area contributed by atoms with Crippen LogP contribution in [0.15, 0.2) is 0 Å². The van der Waals surface area contributed by atoms with Crippen molar-refractivity contribution >= 4 is 17.7 Å². The summed E-state index contributed by atoms with van der Waals surface area (Å²) in [6.07, 6.45) is 5.20. The first kappa shape index (κ1) is 14.8. The molecule has 100 valence electrons. The normalized spacial score (nSPS) is 18.9. The maximum absolute atomic E-state index is 11.8. The summed E-state index contributed by atoms with van der Waals surface area (Å²) in [5, 5.41) is 12.5. The highest BCUT2D eigenvalue weighted by Gasteiger charge is 2.32. The van der Waals surface area contributed by atoms with Crippen molar-refractivity contribution in [3.05, 3.63) is 0 Å². The molecule has 0 aliphatic heterocycles. The molecule has 0 spiro atoms. The molecule has 1 aliphatic rings. The fourth-order valence-corrected chi connectivity index (χ4v) is 2.88. The van der Waals surface area contributed by atoms with Gasteiger partial charge < -0.3 is 15.2 Å². The van der Waals surface area contributed by atoms with E-state index in [1.54, 1.807) is 18.9 Å². The first-order valence-corrected chi connectivity index (χ1v) is 7.36. The molecule has 0 atom stereocenters. The Kier molecular flexibility index (Phi) is 6.92. The number of hydrogen-bond donors (Lipinski definition) is 2. The molecule has 2 N–H and O–H groups in total. The van der Waals surface area contributed by atoms with Crippen molar-refractivity contribution in [3.8, 4) is 0 Å². The second kappa shape index (κ2) is 7.95. The molecule has 1 rings (SSSR count). The number of thioether (sulfide) groups is 1. The molecule has 1 saturated carbocycles. The van der Waals surface area contributed by atoms with Gasteiger partial charge in [0.1, 0.15) is 0 Å². The van der Waals surface area contributed by atoms with Gasteiger partial charge in [0.2, 0.25) is 5.91 Å². The largest absolute Gasteiger partial charge is 0.394 e. The minimum absolute atomic E-state index is 0.0297. The van der Waals surface area contributed by atoms with Crippen LogP contribution in [0.3, 0.4) is 0 Å². The molecule has 0 unspecified atom stereocenters. The average molecular weight is 261 g/mol. The fourth-order valence-electron chi connectivity index (χ4n) is 2.19. The van der Waals surface area contributed by atoms with Gasteiger partial charge in [0, 0.05) is 12.9 Å². The molecular weight excluding hydrogens is 238 g/mol. The van der Waals surface area contributed by atoms with Gasteiger partial charge in [0.15, 0.2) is 0 Å². The van der Waals surface area contributed by atoms with Crippen molar-refractivity contribution in [2.75, 3.05) is 31.8 Å². The Hall–Kier alpha value is -0.260. The van der Waals surface area contributed by atoms with Crippen molar-refractivity contribution in [1.82, 2.24) is 5.32 Å². The Balaban J connectivity index is 2.27. The molecule has 0 heterocycles. The summed E-state index contributed by atoms with van der Waals surface area (Å²) in [5.41, 5.74) is -0.350. The molecule has 1 aliphatic carbocycles.